The summed E-state index contributed by atoms with van der Waals surface area (Å²) in [5, 5.41) is 9.14. The number of hydrogen-bond donors (Lipinski definition) is 1. The average molecular weight is 142 g/mol. The summed E-state index contributed by atoms with van der Waals surface area (Å²) in [6, 6.07) is 0. The van der Waals surface area contributed by atoms with Gasteiger partial charge in [-0.15, -0.1) is 6.58 Å². The van der Waals surface area contributed by atoms with Gasteiger partial charge in [-0.3, -0.25) is 0 Å². The molecule has 0 aromatic heterocycles. The van der Waals surface area contributed by atoms with Crippen molar-refractivity contribution < 1.29 is 5.11 Å². The monoisotopic (exact) mass is 142 g/mol. The maximum Gasteiger partial charge on any atom is 0.0537 e. The van der Waals surface area contributed by atoms with Crippen LogP contribution in [0.3, 0.4) is 0 Å². The SMILES string of the molecule is C=C(C)CCCC(O)CC. The summed E-state index contributed by atoms with van der Waals surface area (Å²) in [5.41, 5.74) is 1.21. The second-order valence-electron chi connectivity index (χ2n) is 2.91. The fraction of sp³-hybridized carbons (Fsp3) is 0.778. The van der Waals surface area contributed by atoms with Crippen molar-refractivity contribution in [2.45, 2.75) is 45.6 Å². The lowest BCUT2D eigenvalue weighted by Crippen LogP contribution is -2.03. The van der Waals surface area contributed by atoms with Crippen LogP contribution in [0.25, 0.3) is 0 Å². The summed E-state index contributed by atoms with van der Waals surface area (Å²) >= 11 is 0. The van der Waals surface area contributed by atoms with Gasteiger partial charge in [0.15, 0.2) is 0 Å². The number of aliphatic hydroxyl groups is 1. The van der Waals surface area contributed by atoms with Crippen molar-refractivity contribution in [1.29, 1.82) is 0 Å². The lowest BCUT2D eigenvalue weighted by atomic mass is 10.1. The zero-order valence-corrected chi connectivity index (χ0v) is 7.06. The first-order chi connectivity index (χ1) is 4.66. The minimum absolute atomic E-state index is 0.0978. The van der Waals surface area contributed by atoms with Crippen LogP contribution in [0.4, 0.5) is 0 Å². The number of aliphatic hydroxyl groups excluding tert-OH is 1. The first-order valence-electron chi connectivity index (χ1n) is 3.99. The van der Waals surface area contributed by atoms with Gasteiger partial charge >= 0.3 is 0 Å². The van der Waals surface area contributed by atoms with Gasteiger partial charge in [-0.25, -0.2) is 0 Å². The molecule has 0 heterocycles. The Hall–Kier alpha value is -0.300. The zero-order chi connectivity index (χ0) is 7.98. The van der Waals surface area contributed by atoms with E-state index in [0.717, 1.165) is 25.7 Å². The van der Waals surface area contributed by atoms with E-state index in [2.05, 4.69) is 6.58 Å². The predicted octanol–water partition coefficient (Wildman–Crippen LogP) is 2.50. The smallest absolute Gasteiger partial charge is 0.0537 e. The van der Waals surface area contributed by atoms with E-state index in [4.69, 9.17) is 5.11 Å². The molecule has 0 aliphatic carbocycles. The Morgan fingerprint density at radius 1 is 1.60 bits per heavy atom. The molecule has 0 aromatic rings. The number of rotatable bonds is 5. The van der Waals surface area contributed by atoms with E-state index in [1.165, 1.54) is 5.57 Å². The van der Waals surface area contributed by atoms with Crippen LogP contribution in [-0.2, 0) is 0 Å². The molecular formula is C9H18O. The first-order valence-corrected chi connectivity index (χ1v) is 3.99. The van der Waals surface area contributed by atoms with Crippen LogP contribution < -0.4 is 0 Å². The summed E-state index contributed by atoms with van der Waals surface area (Å²) in [5.74, 6) is 0. The molecule has 0 radical (unpaired) electrons. The van der Waals surface area contributed by atoms with E-state index in [9.17, 15) is 0 Å². The molecule has 0 rings (SSSR count). The Balaban J connectivity index is 3.11. The maximum atomic E-state index is 9.14. The Bertz CT molecular complexity index is 96.9. The van der Waals surface area contributed by atoms with E-state index in [1.807, 2.05) is 13.8 Å². The molecule has 0 saturated carbocycles. The van der Waals surface area contributed by atoms with Gasteiger partial charge < -0.3 is 5.11 Å². The van der Waals surface area contributed by atoms with Gasteiger partial charge in [0.25, 0.3) is 0 Å². The summed E-state index contributed by atoms with van der Waals surface area (Å²) in [4.78, 5) is 0. The van der Waals surface area contributed by atoms with E-state index in [1.54, 1.807) is 0 Å². The van der Waals surface area contributed by atoms with Gasteiger partial charge in [-0.05, 0) is 32.6 Å². The second kappa shape index (κ2) is 5.48. The van der Waals surface area contributed by atoms with Gasteiger partial charge in [0, 0.05) is 0 Å². The second-order valence-corrected chi connectivity index (χ2v) is 2.91. The highest BCUT2D eigenvalue weighted by Crippen LogP contribution is 2.07. The molecule has 0 spiro atoms. The van der Waals surface area contributed by atoms with Crippen molar-refractivity contribution in [1.82, 2.24) is 0 Å². The summed E-state index contributed by atoms with van der Waals surface area (Å²) < 4.78 is 0. The Kier molecular flexibility index (Phi) is 5.32. The molecule has 0 amide bonds. The molecule has 1 atom stereocenters. The van der Waals surface area contributed by atoms with Crippen molar-refractivity contribution in [2.24, 2.45) is 0 Å². The van der Waals surface area contributed by atoms with Crippen LogP contribution in [0.1, 0.15) is 39.5 Å². The quantitative estimate of drug-likeness (QED) is 0.585. The molecule has 10 heavy (non-hydrogen) atoms. The van der Waals surface area contributed by atoms with Crippen molar-refractivity contribution in [3.63, 3.8) is 0 Å². The Morgan fingerprint density at radius 2 is 2.20 bits per heavy atom. The van der Waals surface area contributed by atoms with Gasteiger partial charge in [-0.1, -0.05) is 12.5 Å². The lowest BCUT2D eigenvalue weighted by Gasteiger charge is -2.05. The minimum Gasteiger partial charge on any atom is -0.393 e. The van der Waals surface area contributed by atoms with E-state index >= 15 is 0 Å². The number of hydrogen-bond acceptors (Lipinski definition) is 1. The van der Waals surface area contributed by atoms with Crippen LogP contribution in [0.5, 0.6) is 0 Å². The third-order valence-electron chi connectivity index (χ3n) is 1.61. The molecule has 60 valence electrons. The summed E-state index contributed by atoms with van der Waals surface area (Å²) in [7, 11) is 0. The highest BCUT2D eigenvalue weighted by atomic mass is 16.3. The molecule has 1 heteroatoms. The molecule has 0 saturated heterocycles. The predicted molar refractivity (Wildman–Crippen MR) is 45.0 cm³/mol. The van der Waals surface area contributed by atoms with E-state index < -0.39 is 0 Å². The van der Waals surface area contributed by atoms with E-state index in [-0.39, 0.29) is 6.10 Å². The third-order valence-corrected chi connectivity index (χ3v) is 1.61. The molecule has 1 nitrogen and oxygen atoms in total. The summed E-state index contributed by atoms with van der Waals surface area (Å²) in [6.07, 6.45) is 3.82. The van der Waals surface area contributed by atoms with Crippen LogP contribution in [-0.4, -0.2) is 11.2 Å². The van der Waals surface area contributed by atoms with Crippen molar-refractivity contribution >= 4 is 0 Å². The zero-order valence-electron chi connectivity index (χ0n) is 7.06. The molecule has 0 aliphatic rings. The van der Waals surface area contributed by atoms with Gasteiger partial charge in [-0.2, -0.15) is 0 Å². The highest BCUT2D eigenvalue weighted by Gasteiger charge is 1.98. The lowest BCUT2D eigenvalue weighted by molar-refractivity contribution is 0.158. The topological polar surface area (TPSA) is 20.2 Å². The van der Waals surface area contributed by atoms with Crippen molar-refractivity contribution in [3.05, 3.63) is 12.2 Å². The van der Waals surface area contributed by atoms with E-state index in [0.29, 0.717) is 0 Å². The summed E-state index contributed by atoms with van der Waals surface area (Å²) in [6.45, 7) is 7.83. The minimum atomic E-state index is -0.0978. The average Bonchev–Trinajstić information content (AvgIpc) is 1.87. The first kappa shape index (κ1) is 9.70. The highest BCUT2D eigenvalue weighted by molar-refractivity contribution is 4.87. The van der Waals surface area contributed by atoms with Crippen molar-refractivity contribution in [2.75, 3.05) is 0 Å². The molecule has 0 bridgehead atoms. The maximum absolute atomic E-state index is 9.14. The standard InChI is InChI=1S/C9H18O/c1-4-9(10)7-5-6-8(2)3/h9-10H,2,4-7H2,1,3H3. The Labute approximate surface area is 63.8 Å². The molecule has 0 aliphatic heterocycles. The fourth-order valence-electron chi connectivity index (χ4n) is 0.844. The van der Waals surface area contributed by atoms with Crippen LogP contribution in [0.2, 0.25) is 0 Å². The van der Waals surface area contributed by atoms with Gasteiger partial charge in [0.05, 0.1) is 6.10 Å². The van der Waals surface area contributed by atoms with Gasteiger partial charge in [0.1, 0.15) is 0 Å². The largest absolute Gasteiger partial charge is 0.393 e. The van der Waals surface area contributed by atoms with Crippen LogP contribution >= 0.6 is 0 Å². The fourth-order valence-corrected chi connectivity index (χ4v) is 0.844. The molecule has 1 N–H and O–H groups in total. The van der Waals surface area contributed by atoms with Crippen LogP contribution in [0.15, 0.2) is 12.2 Å². The van der Waals surface area contributed by atoms with Crippen LogP contribution in [0, 0.1) is 0 Å². The normalized spacial score (nSPS) is 13.1. The van der Waals surface area contributed by atoms with Gasteiger partial charge in [0.2, 0.25) is 0 Å². The molecular weight excluding hydrogens is 124 g/mol. The molecule has 0 fully saturated rings. The third kappa shape index (κ3) is 5.83. The van der Waals surface area contributed by atoms with Crippen molar-refractivity contribution in [3.8, 4) is 0 Å². The molecule has 0 aromatic carbocycles. The molecule has 1 unspecified atom stereocenters. The number of allylic oxidation sites excluding steroid dienone is 1. The Morgan fingerprint density at radius 3 is 2.60 bits per heavy atom.